The summed E-state index contributed by atoms with van der Waals surface area (Å²) in [4.78, 5) is 18.1. The van der Waals surface area contributed by atoms with Crippen molar-refractivity contribution >= 4 is 29.9 Å². The number of aromatic nitrogens is 2. The lowest BCUT2D eigenvalue weighted by atomic mass is 10.2. The molecule has 0 aliphatic heterocycles. The van der Waals surface area contributed by atoms with Crippen molar-refractivity contribution in [2.24, 2.45) is 0 Å². The number of ether oxygens (including phenoxy) is 2. The number of carbonyl (C=O) groups is 1. The van der Waals surface area contributed by atoms with Crippen LogP contribution in [0.15, 0.2) is 16.7 Å². The minimum absolute atomic E-state index is 0. The van der Waals surface area contributed by atoms with E-state index in [0.717, 1.165) is 6.54 Å². The molecule has 1 heterocycles. The zero-order chi connectivity index (χ0) is 19.1. The molecule has 1 N–H and O–H groups in total. The standard InChI is InChI=1S/C17H23ClN4O4.ClH/c1-19-7-8-22(2)15(23)6-5-14-20-17(21-26-14)11-9-12(18)16(25-4)13(10-11)24-3;/h9-10,19H,5-8H2,1-4H3;1H. The van der Waals surface area contributed by atoms with Gasteiger partial charge in [-0.1, -0.05) is 16.8 Å². The number of benzene rings is 1. The summed E-state index contributed by atoms with van der Waals surface area (Å²) in [7, 11) is 6.65. The Morgan fingerprint density at radius 3 is 2.70 bits per heavy atom. The third kappa shape index (κ3) is 5.98. The Balaban J connectivity index is 0.00000364. The summed E-state index contributed by atoms with van der Waals surface area (Å²) in [5, 5.41) is 7.34. The van der Waals surface area contributed by atoms with Gasteiger partial charge in [-0.2, -0.15) is 4.98 Å². The van der Waals surface area contributed by atoms with Crippen molar-refractivity contribution in [3.8, 4) is 22.9 Å². The van der Waals surface area contributed by atoms with Crippen molar-refractivity contribution in [1.82, 2.24) is 20.4 Å². The highest BCUT2D eigenvalue weighted by molar-refractivity contribution is 6.32. The van der Waals surface area contributed by atoms with Crippen LogP contribution in [0, 0.1) is 0 Å². The van der Waals surface area contributed by atoms with Crippen LogP contribution in [0.2, 0.25) is 5.02 Å². The predicted octanol–water partition coefficient (Wildman–Crippen LogP) is 2.44. The van der Waals surface area contributed by atoms with Crippen LogP contribution in [0.3, 0.4) is 0 Å². The molecular weight excluding hydrogens is 395 g/mol. The van der Waals surface area contributed by atoms with Crippen LogP contribution in [-0.4, -0.2) is 62.4 Å². The Morgan fingerprint density at radius 1 is 1.33 bits per heavy atom. The van der Waals surface area contributed by atoms with Gasteiger partial charge in [-0.25, -0.2) is 0 Å². The molecule has 0 aliphatic rings. The molecule has 27 heavy (non-hydrogen) atoms. The summed E-state index contributed by atoms with van der Waals surface area (Å²) in [5.41, 5.74) is 0.639. The predicted molar refractivity (Wildman–Crippen MR) is 105 cm³/mol. The largest absolute Gasteiger partial charge is 0.493 e. The average molecular weight is 419 g/mol. The number of amides is 1. The minimum atomic E-state index is 0. The van der Waals surface area contributed by atoms with Gasteiger partial charge in [0.15, 0.2) is 11.5 Å². The van der Waals surface area contributed by atoms with E-state index in [4.69, 9.17) is 25.6 Å². The van der Waals surface area contributed by atoms with Gasteiger partial charge in [-0.3, -0.25) is 4.79 Å². The van der Waals surface area contributed by atoms with E-state index < -0.39 is 0 Å². The fourth-order valence-electron chi connectivity index (χ4n) is 2.33. The van der Waals surface area contributed by atoms with E-state index >= 15 is 0 Å². The lowest BCUT2D eigenvalue weighted by molar-refractivity contribution is -0.129. The van der Waals surface area contributed by atoms with Gasteiger partial charge in [0.25, 0.3) is 0 Å². The van der Waals surface area contributed by atoms with Crippen LogP contribution < -0.4 is 14.8 Å². The average Bonchev–Trinajstić information content (AvgIpc) is 3.12. The van der Waals surface area contributed by atoms with Gasteiger partial charge < -0.3 is 24.2 Å². The molecule has 0 spiro atoms. The number of hydrogen-bond acceptors (Lipinski definition) is 7. The van der Waals surface area contributed by atoms with Crippen LogP contribution in [0.5, 0.6) is 11.5 Å². The Morgan fingerprint density at radius 2 is 2.07 bits per heavy atom. The highest BCUT2D eigenvalue weighted by Crippen LogP contribution is 2.38. The molecule has 0 atom stereocenters. The number of hydrogen-bond donors (Lipinski definition) is 1. The fourth-order valence-corrected chi connectivity index (χ4v) is 2.62. The second-order valence-corrected chi connectivity index (χ2v) is 6.03. The number of likely N-dealkylation sites (N-methyl/N-ethyl adjacent to an activating group) is 2. The van der Waals surface area contributed by atoms with Crippen molar-refractivity contribution < 1.29 is 18.8 Å². The summed E-state index contributed by atoms with van der Waals surface area (Å²) in [6.45, 7) is 1.39. The van der Waals surface area contributed by atoms with Crippen molar-refractivity contribution in [1.29, 1.82) is 0 Å². The lowest BCUT2D eigenvalue weighted by Crippen LogP contribution is -2.32. The molecule has 1 amide bonds. The smallest absolute Gasteiger partial charge is 0.227 e. The van der Waals surface area contributed by atoms with E-state index in [1.165, 1.54) is 14.2 Å². The zero-order valence-electron chi connectivity index (χ0n) is 15.7. The molecule has 150 valence electrons. The summed E-state index contributed by atoms with van der Waals surface area (Å²) < 4.78 is 15.7. The van der Waals surface area contributed by atoms with Gasteiger partial charge in [0.2, 0.25) is 17.6 Å². The number of halogens is 2. The number of methoxy groups -OCH3 is 2. The molecule has 2 aromatic rings. The van der Waals surface area contributed by atoms with Gasteiger partial charge >= 0.3 is 0 Å². The molecule has 0 aliphatic carbocycles. The number of rotatable bonds is 9. The SMILES string of the molecule is CNCCN(C)C(=O)CCc1nc(-c2cc(Cl)c(OC)c(OC)c2)no1.Cl. The first-order chi connectivity index (χ1) is 12.5. The first kappa shape index (κ1) is 23.0. The molecule has 0 fully saturated rings. The van der Waals surface area contributed by atoms with Crippen molar-refractivity contribution in [2.75, 3.05) is 41.4 Å². The summed E-state index contributed by atoms with van der Waals surface area (Å²) in [6.07, 6.45) is 0.672. The van der Waals surface area contributed by atoms with Crippen molar-refractivity contribution in [3.05, 3.63) is 23.0 Å². The van der Waals surface area contributed by atoms with E-state index in [9.17, 15) is 4.79 Å². The molecule has 10 heteroatoms. The Bertz CT molecular complexity index is 755. The van der Waals surface area contributed by atoms with E-state index in [0.29, 0.717) is 53.2 Å². The molecule has 2 rings (SSSR count). The number of carbonyl (C=O) groups excluding carboxylic acids is 1. The lowest BCUT2D eigenvalue weighted by Gasteiger charge is -2.16. The van der Waals surface area contributed by atoms with Gasteiger partial charge in [0, 0.05) is 38.5 Å². The zero-order valence-corrected chi connectivity index (χ0v) is 17.3. The third-order valence-electron chi connectivity index (χ3n) is 3.84. The van der Waals surface area contributed by atoms with E-state index in [-0.39, 0.29) is 18.3 Å². The topological polar surface area (TPSA) is 89.7 Å². The van der Waals surface area contributed by atoms with E-state index in [2.05, 4.69) is 15.5 Å². The maximum Gasteiger partial charge on any atom is 0.227 e. The Hall–Kier alpha value is -2.03. The molecule has 0 bridgehead atoms. The summed E-state index contributed by atoms with van der Waals surface area (Å²) in [5.74, 6) is 1.70. The molecule has 0 radical (unpaired) electrons. The first-order valence-electron chi connectivity index (χ1n) is 8.13. The number of nitrogens with zero attached hydrogens (tertiary/aromatic N) is 3. The maximum absolute atomic E-state index is 12.1. The quantitative estimate of drug-likeness (QED) is 0.668. The Labute approximate surface area is 169 Å². The van der Waals surface area contributed by atoms with Crippen LogP contribution >= 0.6 is 24.0 Å². The summed E-state index contributed by atoms with van der Waals surface area (Å²) >= 11 is 6.20. The maximum atomic E-state index is 12.1. The van der Waals surface area contributed by atoms with Crippen molar-refractivity contribution in [3.63, 3.8) is 0 Å². The van der Waals surface area contributed by atoms with Gasteiger partial charge in [-0.05, 0) is 19.2 Å². The van der Waals surface area contributed by atoms with Crippen LogP contribution in [0.4, 0.5) is 0 Å². The van der Waals surface area contributed by atoms with Crippen LogP contribution in [-0.2, 0) is 11.2 Å². The second kappa shape index (κ2) is 11.0. The number of aryl methyl sites for hydroxylation is 1. The molecule has 0 saturated heterocycles. The fraction of sp³-hybridized carbons (Fsp3) is 0.471. The molecule has 8 nitrogen and oxygen atoms in total. The molecule has 0 saturated carbocycles. The minimum Gasteiger partial charge on any atom is -0.493 e. The van der Waals surface area contributed by atoms with Crippen LogP contribution in [0.1, 0.15) is 12.3 Å². The highest BCUT2D eigenvalue weighted by Gasteiger charge is 2.17. The van der Waals surface area contributed by atoms with E-state index in [1.54, 1.807) is 24.1 Å². The molecule has 1 aromatic carbocycles. The second-order valence-electron chi connectivity index (χ2n) is 5.62. The molecule has 1 aromatic heterocycles. The number of nitrogens with one attached hydrogen (secondary N) is 1. The van der Waals surface area contributed by atoms with Crippen molar-refractivity contribution in [2.45, 2.75) is 12.8 Å². The van der Waals surface area contributed by atoms with E-state index in [1.807, 2.05) is 7.05 Å². The third-order valence-corrected chi connectivity index (χ3v) is 4.12. The highest BCUT2D eigenvalue weighted by atomic mass is 35.5. The monoisotopic (exact) mass is 418 g/mol. The Kier molecular flexibility index (Phi) is 9.34. The van der Waals surface area contributed by atoms with Crippen LogP contribution in [0.25, 0.3) is 11.4 Å². The molecular formula is C17H24Cl2N4O4. The first-order valence-corrected chi connectivity index (χ1v) is 8.51. The summed E-state index contributed by atoms with van der Waals surface area (Å²) in [6, 6.07) is 3.39. The van der Waals surface area contributed by atoms with Gasteiger partial charge in [-0.15, -0.1) is 12.4 Å². The van der Waals surface area contributed by atoms with Gasteiger partial charge in [0.05, 0.1) is 19.2 Å². The normalized spacial score (nSPS) is 10.3. The molecule has 0 unspecified atom stereocenters. The van der Waals surface area contributed by atoms with Gasteiger partial charge in [0.1, 0.15) is 0 Å².